The van der Waals surface area contributed by atoms with Crippen LogP contribution in [-0.4, -0.2) is 28.2 Å². The van der Waals surface area contributed by atoms with Crippen molar-refractivity contribution >= 4 is 19.7 Å². The van der Waals surface area contributed by atoms with Gasteiger partial charge in [-0.1, -0.05) is 6.07 Å². The number of aryl methyl sites for hydroxylation is 2. The van der Waals surface area contributed by atoms with Gasteiger partial charge in [-0.25, -0.2) is 8.42 Å². The lowest BCUT2D eigenvalue weighted by molar-refractivity contribution is 0.350. The van der Waals surface area contributed by atoms with Gasteiger partial charge in [-0.3, -0.25) is 9.55 Å². The van der Waals surface area contributed by atoms with Gasteiger partial charge >= 0.3 is 0 Å². The molecule has 8 heteroatoms. The molecule has 0 saturated carbocycles. The summed E-state index contributed by atoms with van der Waals surface area (Å²) >= 11 is 0. The van der Waals surface area contributed by atoms with Crippen LogP contribution in [0, 0.1) is 0 Å². The van der Waals surface area contributed by atoms with Crippen LogP contribution in [0.1, 0.15) is 32.3 Å². The summed E-state index contributed by atoms with van der Waals surface area (Å²) < 4.78 is 24.8. The maximum atomic E-state index is 11.6. The third-order valence-electron chi connectivity index (χ3n) is 2.92. The summed E-state index contributed by atoms with van der Waals surface area (Å²) in [5, 5.41) is 7.51. The van der Waals surface area contributed by atoms with Gasteiger partial charge < -0.3 is 0 Å². The van der Waals surface area contributed by atoms with Crippen molar-refractivity contribution in [3.63, 3.8) is 0 Å². The van der Waals surface area contributed by atoms with Crippen LogP contribution in [0.15, 0.2) is 29.6 Å². The van der Waals surface area contributed by atoms with Crippen LogP contribution in [0.3, 0.4) is 0 Å². The molecule has 0 spiro atoms. The lowest BCUT2D eigenvalue weighted by Crippen LogP contribution is -2.27. The molecule has 2 aromatic rings. The average molecular weight is 329 g/mol. The quantitative estimate of drug-likeness (QED) is 0.803. The molecule has 0 N–H and O–H groups in total. The van der Waals surface area contributed by atoms with Gasteiger partial charge in [0.25, 0.3) is 14.2 Å². The van der Waals surface area contributed by atoms with Crippen molar-refractivity contribution in [2.45, 2.75) is 44.3 Å². The molecule has 0 fully saturated rings. The van der Waals surface area contributed by atoms with Gasteiger partial charge in [0.2, 0.25) is 0 Å². The number of pyridine rings is 1. The highest BCUT2D eigenvalue weighted by atomic mass is 35.7. The van der Waals surface area contributed by atoms with E-state index in [1.165, 1.54) is 0 Å². The zero-order valence-electron chi connectivity index (χ0n) is 12.1. The fourth-order valence-electron chi connectivity index (χ4n) is 2.08. The summed E-state index contributed by atoms with van der Waals surface area (Å²) in [6.07, 6.45) is 2.91. The Balaban J connectivity index is 2.34. The molecule has 6 nitrogen and oxygen atoms in total. The normalized spacial score (nSPS) is 12.6. The van der Waals surface area contributed by atoms with Gasteiger partial charge in [-0.05, 0) is 39.3 Å². The van der Waals surface area contributed by atoms with E-state index in [1.807, 2.05) is 39.0 Å². The molecule has 2 aromatic heterocycles. The molecule has 0 aromatic carbocycles. The zero-order valence-corrected chi connectivity index (χ0v) is 13.7. The Morgan fingerprint density at radius 3 is 2.43 bits per heavy atom. The maximum absolute atomic E-state index is 11.6. The summed E-state index contributed by atoms with van der Waals surface area (Å²) in [4.78, 5) is 4.24. The monoisotopic (exact) mass is 328 g/mol. The molecule has 2 rings (SSSR count). The van der Waals surface area contributed by atoms with Gasteiger partial charge in [-0.15, -0.1) is 10.2 Å². The first-order chi connectivity index (χ1) is 9.69. The van der Waals surface area contributed by atoms with Gasteiger partial charge in [0.1, 0.15) is 5.82 Å². The predicted molar refractivity (Wildman–Crippen MR) is 79.7 cm³/mol. The van der Waals surface area contributed by atoms with E-state index in [0.717, 1.165) is 5.69 Å². The molecule has 0 aliphatic heterocycles. The Kier molecular flexibility index (Phi) is 4.34. The van der Waals surface area contributed by atoms with Crippen molar-refractivity contribution in [2.75, 3.05) is 0 Å². The summed E-state index contributed by atoms with van der Waals surface area (Å²) in [5.41, 5.74) is 0.427. The van der Waals surface area contributed by atoms with E-state index in [1.54, 1.807) is 10.8 Å². The molecule has 2 heterocycles. The fraction of sp³-hybridized carbons (Fsp3) is 0.462. The van der Waals surface area contributed by atoms with Crippen LogP contribution >= 0.6 is 10.7 Å². The lowest BCUT2D eigenvalue weighted by Gasteiger charge is -2.24. The number of hydrogen-bond donors (Lipinski definition) is 0. The number of nitrogens with zero attached hydrogens (tertiary/aromatic N) is 4. The van der Waals surface area contributed by atoms with Gasteiger partial charge in [0, 0.05) is 34.5 Å². The average Bonchev–Trinajstić information content (AvgIpc) is 2.81. The molecule has 0 amide bonds. The standard InChI is InChI=1S/C13H17ClN4O2S/c1-13(2,3)18-11(16-17-12(18)21(14,19)20)8-7-10-6-4-5-9-15-10/h4-6,9H,7-8H2,1-3H3. The Morgan fingerprint density at radius 2 is 1.90 bits per heavy atom. The highest BCUT2D eigenvalue weighted by Gasteiger charge is 2.29. The van der Waals surface area contributed by atoms with Crippen molar-refractivity contribution in [3.05, 3.63) is 35.9 Å². The van der Waals surface area contributed by atoms with Crippen molar-refractivity contribution in [3.8, 4) is 0 Å². The molecule has 0 radical (unpaired) electrons. The van der Waals surface area contributed by atoms with E-state index < -0.39 is 14.6 Å². The second kappa shape index (κ2) is 5.73. The topological polar surface area (TPSA) is 77.7 Å². The van der Waals surface area contributed by atoms with E-state index >= 15 is 0 Å². The third-order valence-corrected chi connectivity index (χ3v) is 4.03. The fourth-order valence-corrected chi connectivity index (χ4v) is 3.12. The Hall–Kier alpha value is -1.47. The minimum atomic E-state index is -3.93. The largest absolute Gasteiger partial charge is 0.296 e. The molecular weight excluding hydrogens is 312 g/mol. The Bertz CT molecular complexity index is 720. The van der Waals surface area contributed by atoms with Crippen LogP contribution < -0.4 is 0 Å². The lowest BCUT2D eigenvalue weighted by atomic mass is 10.1. The number of aromatic nitrogens is 4. The molecule has 0 atom stereocenters. The summed E-state index contributed by atoms with van der Waals surface area (Å²) in [5.74, 6) is 0.576. The highest BCUT2D eigenvalue weighted by Crippen LogP contribution is 2.24. The number of hydrogen-bond acceptors (Lipinski definition) is 5. The van der Waals surface area contributed by atoms with Crippen LogP contribution in [0.2, 0.25) is 0 Å². The highest BCUT2D eigenvalue weighted by molar-refractivity contribution is 8.13. The van der Waals surface area contributed by atoms with Crippen molar-refractivity contribution in [2.24, 2.45) is 0 Å². The second-order valence-electron chi connectivity index (χ2n) is 5.66. The smallest absolute Gasteiger partial charge is 0.295 e. The maximum Gasteiger partial charge on any atom is 0.296 e. The van der Waals surface area contributed by atoms with E-state index in [9.17, 15) is 8.42 Å². The van der Waals surface area contributed by atoms with E-state index in [2.05, 4.69) is 15.2 Å². The number of rotatable bonds is 4. The third kappa shape index (κ3) is 3.79. The zero-order chi connectivity index (χ0) is 15.7. The first-order valence-electron chi connectivity index (χ1n) is 6.49. The van der Waals surface area contributed by atoms with Crippen molar-refractivity contribution < 1.29 is 8.42 Å². The predicted octanol–water partition coefficient (Wildman–Crippen LogP) is 2.14. The summed E-state index contributed by atoms with van der Waals surface area (Å²) in [6.45, 7) is 5.64. The minimum Gasteiger partial charge on any atom is -0.295 e. The molecule has 21 heavy (non-hydrogen) atoms. The summed E-state index contributed by atoms with van der Waals surface area (Å²) in [6, 6.07) is 5.67. The van der Waals surface area contributed by atoms with Crippen LogP contribution in [-0.2, 0) is 27.4 Å². The Labute approximate surface area is 128 Å². The van der Waals surface area contributed by atoms with E-state index in [-0.39, 0.29) is 5.16 Å². The molecule has 0 saturated heterocycles. The van der Waals surface area contributed by atoms with Crippen LogP contribution in [0.5, 0.6) is 0 Å². The molecule has 114 valence electrons. The minimum absolute atomic E-state index is 0.215. The van der Waals surface area contributed by atoms with Gasteiger partial charge in [0.15, 0.2) is 0 Å². The SMILES string of the molecule is CC(C)(C)n1c(CCc2ccccn2)nnc1S(=O)(=O)Cl. The van der Waals surface area contributed by atoms with Gasteiger partial charge in [-0.2, -0.15) is 0 Å². The summed E-state index contributed by atoms with van der Waals surface area (Å²) in [7, 11) is 1.50. The van der Waals surface area contributed by atoms with E-state index in [4.69, 9.17) is 10.7 Å². The van der Waals surface area contributed by atoms with Crippen molar-refractivity contribution in [1.29, 1.82) is 0 Å². The number of halogens is 1. The molecule has 0 unspecified atom stereocenters. The van der Waals surface area contributed by atoms with Crippen LogP contribution in [0.4, 0.5) is 0 Å². The molecule has 0 bridgehead atoms. The Morgan fingerprint density at radius 1 is 1.19 bits per heavy atom. The molecule has 0 aliphatic rings. The second-order valence-corrected chi connectivity index (χ2v) is 8.12. The first kappa shape index (κ1) is 15.9. The molecular formula is C13H17ClN4O2S. The first-order valence-corrected chi connectivity index (χ1v) is 8.80. The van der Waals surface area contributed by atoms with Gasteiger partial charge in [0.05, 0.1) is 0 Å². The van der Waals surface area contributed by atoms with Crippen LogP contribution in [0.25, 0.3) is 0 Å². The van der Waals surface area contributed by atoms with Crippen molar-refractivity contribution in [1.82, 2.24) is 19.7 Å². The van der Waals surface area contributed by atoms with E-state index in [0.29, 0.717) is 18.7 Å². The molecule has 0 aliphatic carbocycles.